The number of anilines is 1. The van der Waals surface area contributed by atoms with Crippen molar-refractivity contribution in [2.45, 2.75) is 6.04 Å². The Morgan fingerprint density at radius 1 is 1.00 bits per heavy atom. The Morgan fingerprint density at radius 2 is 1.80 bits per heavy atom. The number of aliphatic hydroxyl groups is 1. The summed E-state index contributed by atoms with van der Waals surface area (Å²) >= 11 is 0. The summed E-state index contributed by atoms with van der Waals surface area (Å²) in [4.78, 5) is 31.5. The molecule has 0 unspecified atom stereocenters. The van der Waals surface area contributed by atoms with Gasteiger partial charge in [-0.05, 0) is 29.8 Å². The number of hydrogen-bond donors (Lipinski definition) is 1. The van der Waals surface area contributed by atoms with Gasteiger partial charge in [0.25, 0.3) is 11.7 Å². The lowest BCUT2D eigenvalue weighted by Crippen LogP contribution is -2.29. The molecule has 30 heavy (non-hydrogen) atoms. The first kappa shape index (κ1) is 17.9. The van der Waals surface area contributed by atoms with Crippen LogP contribution in [0.5, 0.6) is 11.5 Å². The molecule has 148 valence electrons. The van der Waals surface area contributed by atoms with Crippen molar-refractivity contribution in [3.63, 3.8) is 0 Å². The van der Waals surface area contributed by atoms with Crippen LogP contribution in [0.2, 0.25) is 0 Å². The minimum Gasteiger partial charge on any atom is -0.507 e. The van der Waals surface area contributed by atoms with Gasteiger partial charge in [-0.3, -0.25) is 19.5 Å². The van der Waals surface area contributed by atoms with Crippen LogP contribution in [-0.4, -0.2) is 28.6 Å². The molecule has 1 N–H and O–H groups in total. The van der Waals surface area contributed by atoms with Gasteiger partial charge < -0.3 is 14.6 Å². The predicted octanol–water partition coefficient (Wildman–Crippen LogP) is 3.44. The third kappa shape index (κ3) is 2.79. The molecular formula is C23H16N2O5. The molecule has 0 aliphatic carbocycles. The minimum absolute atomic E-state index is 0.00826. The summed E-state index contributed by atoms with van der Waals surface area (Å²) in [5.41, 5.74) is 1.52. The summed E-state index contributed by atoms with van der Waals surface area (Å²) in [5.74, 6) is -0.627. The second kappa shape index (κ2) is 7.04. The highest BCUT2D eigenvalue weighted by Crippen LogP contribution is 2.44. The first-order chi connectivity index (χ1) is 14.6. The van der Waals surface area contributed by atoms with Crippen molar-refractivity contribution < 1.29 is 24.2 Å². The molecule has 2 aromatic carbocycles. The maximum atomic E-state index is 13.0. The fourth-order valence-corrected chi connectivity index (χ4v) is 3.75. The number of amides is 1. The number of ether oxygens (including phenoxy) is 2. The smallest absolute Gasteiger partial charge is 0.300 e. The van der Waals surface area contributed by atoms with Crippen LogP contribution in [0.25, 0.3) is 5.76 Å². The van der Waals surface area contributed by atoms with Gasteiger partial charge in [0.1, 0.15) is 5.76 Å². The number of benzene rings is 2. The van der Waals surface area contributed by atoms with Crippen molar-refractivity contribution >= 4 is 23.1 Å². The Morgan fingerprint density at radius 3 is 2.57 bits per heavy atom. The zero-order valence-corrected chi connectivity index (χ0v) is 15.7. The lowest BCUT2D eigenvalue weighted by atomic mass is 9.95. The number of hydrogen-bond acceptors (Lipinski definition) is 6. The van der Waals surface area contributed by atoms with Crippen LogP contribution in [0, 0.1) is 0 Å². The zero-order chi connectivity index (χ0) is 20.7. The highest BCUT2D eigenvalue weighted by Gasteiger charge is 2.47. The molecule has 3 heterocycles. The Balaban J connectivity index is 1.73. The predicted molar refractivity (Wildman–Crippen MR) is 108 cm³/mol. The summed E-state index contributed by atoms with van der Waals surface area (Å²) in [7, 11) is 0. The van der Waals surface area contributed by atoms with Crippen molar-refractivity contribution in [3.05, 3.63) is 89.8 Å². The van der Waals surface area contributed by atoms with Crippen LogP contribution in [-0.2, 0) is 9.59 Å². The maximum absolute atomic E-state index is 13.0. The van der Waals surface area contributed by atoms with Crippen molar-refractivity contribution in [3.8, 4) is 11.5 Å². The summed E-state index contributed by atoms with van der Waals surface area (Å²) in [6, 6.07) is 16.4. The van der Waals surface area contributed by atoms with E-state index in [2.05, 4.69) is 4.98 Å². The number of rotatable bonds is 3. The normalized spacial score (nSPS) is 19.3. The Bertz CT molecular complexity index is 1170. The lowest BCUT2D eigenvalue weighted by Gasteiger charge is -2.25. The molecule has 0 spiro atoms. The molecule has 0 radical (unpaired) electrons. The molecular weight excluding hydrogens is 384 g/mol. The molecule has 1 saturated heterocycles. The van der Waals surface area contributed by atoms with E-state index in [0.29, 0.717) is 28.3 Å². The molecule has 0 saturated carbocycles. The van der Waals surface area contributed by atoms with Gasteiger partial charge in [-0.25, -0.2) is 0 Å². The molecule has 1 amide bonds. The largest absolute Gasteiger partial charge is 0.507 e. The molecule has 1 fully saturated rings. The molecule has 7 nitrogen and oxygen atoms in total. The molecule has 2 aliphatic heterocycles. The fraction of sp³-hybridized carbons (Fsp3) is 0.0870. The van der Waals surface area contributed by atoms with E-state index in [0.717, 1.165) is 0 Å². The van der Waals surface area contributed by atoms with E-state index in [4.69, 9.17) is 9.47 Å². The lowest BCUT2D eigenvalue weighted by molar-refractivity contribution is -0.132. The van der Waals surface area contributed by atoms with Crippen molar-refractivity contribution in [1.29, 1.82) is 0 Å². The third-order valence-electron chi connectivity index (χ3n) is 5.13. The van der Waals surface area contributed by atoms with Crippen molar-refractivity contribution in [2.75, 3.05) is 11.7 Å². The number of nitrogens with zero attached hydrogens (tertiary/aromatic N) is 2. The average molecular weight is 400 g/mol. The second-order valence-electron chi connectivity index (χ2n) is 6.86. The van der Waals surface area contributed by atoms with Crippen LogP contribution >= 0.6 is 0 Å². The highest BCUT2D eigenvalue weighted by molar-refractivity contribution is 6.51. The number of pyridine rings is 1. The SMILES string of the molecule is O=C1C(=O)N(c2cccnc2)[C@H](c2ccc3c(c2)OCO3)C1=C(O)c1ccccc1. The van der Waals surface area contributed by atoms with Gasteiger partial charge in [-0.1, -0.05) is 36.4 Å². The first-order valence-corrected chi connectivity index (χ1v) is 9.31. The standard InChI is InChI=1S/C23H16N2O5/c26-21(14-5-2-1-3-6-14)19-20(15-8-9-17-18(11-15)30-13-29-17)25(23(28)22(19)27)16-7-4-10-24-12-16/h1-12,20,26H,13H2/t20-/m1/s1. The third-order valence-corrected chi connectivity index (χ3v) is 5.13. The number of aliphatic hydroxyl groups excluding tert-OH is 1. The topological polar surface area (TPSA) is 89.0 Å². The first-order valence-electron chi connectivity index (χ1n) is 9.31. The number of fused-ring (bicyclic) bond motifs is 1. The summed E-state index contributed by atoms with van der Waals surface area (Å²) in [6.45, 7) is 0.103. The van der Waals surface area contributed by atoms with E-state index in [1.807, 2.05) is 0 Å². The highest BCUT2D eigenvalue weighted by atomic mass is 16.7. The van der Waals surface area contributed by atoms with Crippen LogP contribution in [0.1, 0.15) is 17.2 Å². The molecule has 1 aromatic heterocycles. The van der Waals surface area contributed by atoms with Gasteiger partial charge in [0.05, 0.1) is 23.5 Å². The molecule has 3 aromatic rings. The van der Waals surface area contributed by atoms with Crippen molar-refractivity contribution in [2.24, 2.45) is 0 Å². The molecule has 2 aliphatic rings. The van der Waals surface area contributed by atoms with Gasteiger partial charge in [0.15, 0.2) is 11.5 Å². The summed E-state index contributed by atoms with van der Waals surface area (Å²) in [5, 5.41) is 11.0. The number of ketones is 1. The van der Waals surface area contributed by atoms with Gasteiger partial charge in [-0.2, -0.15) is 0 Å². The molecule has 5 rings (SSSR count). The molecule has 7 heteroatoms. The molecule has 0 bridgehead atoms. The quantitative estimate of drug-likeness (QED) is 0.412. The van der Waals surface area contributed by atoms with Crippen LogP contribution in [0.15, 0.2) is 78.6 Å². The van der Waals surface area contributed by atoms with Gasteiger partial charge >= 0.3 is 0 Å². The van der Waals surface area contributed by atoms with Gasteiger partial charge in [-0.15, -0.1) is 0 Å². The van der Waals surface area contributed by atoms with E-state index < -0.39 is 17.7 Å². The van der Waals surface area contributed by atoms with Crippen molar-refractivity contribution in [1.82, 2.24) is 4.98 Å². The summed E-state index contributed by atoms with van der Waals surface area (Å²) < 4.78 is 10.8. The zero-order valence-electron chi connectivity index (χ0n) is 15.7. The van der Waals surface area contributed by atoms with E-state index in [1.165, 1.54) is 11.1 Å². The maximum Gasteiger partial charge on any atom is 0.300 e. The van der Waals surface area contributed by atoms with Gasteiger partial charge in [0, 0.05) is 11.8 Å². The van der Waals surface area contributed by atoms with Gasteiger partial charge in [0.2, 0.25) is 6.79 Å². The Kier molecular flexibility index (Phi) is 4.21. The van der Waals surface area contributed by atoms with Crippen LogP contribution in [0.4, 0.5) is 5.69 Å². The fourth-order valence-electron chi connectivity index (χ4n) is 3.75. The summed E-state index contributed by atoms with van der Waals surface area (Å²) in [6.07, 6.45) is 3.09. The number of carbonyl (C=O) groups excluding carboxylic acids is 2. The number of aromatic nitrogens is 1. The van der Waals surface area contributed by atoms with E-state index in [9.17, 15) is 14.7 Å². The number of carbonyl (C=O) groups is 2. The van der Waals surface area contributed by atoms with E-state index in [-0.39, 0.29) is 18.1 Å². The Labute approximate surface area is 171 Å². The Hall–Kier alpha value is -4.13. The number of Topliss-reactive ketones (excluding diaryl/α,β-unsaturated/α-hetero) is 1. The van der Waals surface area contributed by atoms with Crippen LogP contribution in [0.3, 0.4) is 0 Å². The molecule has 1 atom stereocenters. The second-order valence-corrected chi connectivity index (χ2v) is 6.86. The minimum atomic E-state index is -0.844. The monoisotopic (exact) mass is 400 g/mol. The van der Waals surface area contributed by atoms with E-state index in [1.54, 1.807) is 66.9 Å². The van der Waals surface area contributed by atoms with Crippen LogP contribution < -0.4 is 14.4 Å². The average Bonchev–Trinajstić information content (AvgIpc) is 3.36. The van der Waals surface area contributed by atoms with E-state index >= 15 is 0 Å².